The van der Waals surface area contributed by atoms with Crippen molar-refractivity contribution in [3.63, 3.8) is 0 Å². The van der Waals surface area contributed by atoms with Gasteiger partial charge in [0.2, 0.25) is 0 Å². The first-order chi connectivity index (χ1) is 8.16. The van der Waals surface area contributed by atoms with Crippen LogP contribution in [0.3, 0.4) is 0 Å². The number of rotatable bonds is 0. The van der Waals surface area contributed by atoms with Crippen molar-refractivity contribution in [1.29, 1.82) is 0 Å². The first kappa shape index (κ1) is 11.2. The summed E-state index contributed by atoms with van der Waals surface area (Å²) < 4.78 is 13.3. The zero-order chi connectivity index (χ0) is 12.0. The Bertz CT molecular complexity index is 610. The summed E-state index contributed by atoms with van der Waals surface area (Å²) in [6.07, 6.45) is 4.09. The van der Waals surface area contributed by atoms with E-state index in [1.807, 2.05) is 0 Å². The van der Waals surface area contributed by atoms with E-state index < -0.39 is 0 Å². The minimum atomic E-state index is -0.373. The third kappa shape index (κ3) is 1.80. The molecule has 0 radical (unpaired) electrons. The third-order valence-corrected chi connectivity index (χ3v) is 3.93. The minimum absolute atomic E-state index is 0.329. The highest BCUT2D eigenvalue weighted by atomic mass is 35.5. The molecule has 0 atom stereocenters. The number of benzene rings is 1. The molecule has 4 heteroatoms. The van der Waals surface area contributed by atoms with Crippen LogP contribution in [0.2, 0.25) is 10.0 Å². The van der Waals surface area contributed by atoms with Gasteiger partial charge in [-0.25, -0.2) is 4.39 Å². The van der Waals surface area contributed by atoms with Crippen LogP contribution in [0.1, 0.15) is 24.1 Å². The van der Waals surface area contributed by atoms with Crippen LogP contribution in [-0.4, -0.2) is 4.98 Å². The Labute approximate surface area is 109 Å². The number of aromatic nitrogens is 1. The molecular formula is C13H10Cl2FN. The standard InChI is InChI=1S/C13H10Cl2FN/c14-10-6-7(16)5-9-12(15)8-3-1-2-4-11(8)17-13(9)10/h5-6H,1-4H2. The molecule has 1 aromatic heterocycles. The maximum absolute atomic E-state index is 13.3. The Morgan fingerprint density at radius 3 is 2.71 bits per heavy atom. The number of hydrogen-bond acceptors (Lipinski definition) is 1. The van der Waals surface area contributed by atoms with E-state index in [1.54, 1.807) is 0 Å². The predicted octanol–water partition coefficient (Wildman–Crippen LogP) is 4.56. The van der Waals surface area contributed by atoms with Crippen molar-refractivity contribution < 1.29 is 4.39 Å². The molecule has 0 unspecified atom stereocenters. The molecule has 0 amide bonds. The van der Waals surface area contributed by atoms with Gasteiger partial charge in [0, 0.05) is 11.1 Å². The molecule has 1 aromatic carbocycles. The highest BCUT2D eigenvalue weighted by Gasteiger charge is 2.18. The van der Waals surface area contributed by atoms with E-state index in [2.05, 4.69) is 4.98 Å². The largest absolute Gasteiger partial charge is 0.251 e. The van der Waals surface area contributed by atoms with Gasteiger partial charge < -0.3 is 0 Å². The minimum Gasteiger partial charge on any atom is -0.251 e. The van der Waals surface area contributed by atoms with E-state index in [-0.39, 0.29) is 5.82 Å². The van der Waals surface area contributed by atoms with Crippen molar-refractivity contribution in [1.82, 2.24) is 4.98 Å². The van der Waals surface area contributed by atoms with Crippen molar-refractivity contribution in [2.75, 3.05) is 0 Å². The topological polar surface area (TPSA) is 12.9 Å². The van der Waals surface area contributed by atoms with Gasteiger partial charge in [0.15, 0.2) is 0 Å². The Balaban J connectivity index is 2.40. The smallest absolute Gasteiger partial charge is 0.125 e. The molecule has 0 N–H and O–H groups in total. The molecule has 3 rings (SSSR count). The fourth-order valence-corrected chi connectivity index (χ4v) is 2.99. The second-order valence-corrected chi connectivity index (χ2v) is 5.13. The second-order valence-electron chi connectivity index (χ2n) is 4.34. The molecule has 1 aliphatic carbocycles. The molecular weight excluding hydrogens is 260 g/mol. The van der Waals surface area contributed by atoms with Crippen LogP contribution in [0.15, 0.2) is 12.1 Å². The summed E-state index contributed by atoms with van der Waals surface area (Å²) in [5.74, 6) is -0.373. The summed E-state index contributed by atoms with van der Waals surface area (Å²) in [5.41, 5.74) is 2.69. The molecule has 0 fully saturated rings. The van der Waals surface area contributed by atoms with Crippen LogP contribution in [0, 0.1) is 5.82 Å². The molecule has 0 bridgehead atoms. The average Bonchev–Trinajstić information content (AvgIpc) is 2.31. The Kier molecular flexibility index (Phi) is 2.72. The summed E-state index contributed by atoms with van der Waals surface area (Å²) in [6, 6.07) is 2.69. The van der Waals surface area contributed by atoms with Crippen LogP contribution in [0.4, 0.5) is 4.39 Å². The number of fused-ring (bicyclic) bond motifs is 2. The van der Waals surface area contributed by atoms with Gasteiger partial charge in [-0.2, -0.15) is 0 Å². The molecule has 0 aliphatic heterocycles. The highest BCUT2D eigenvalue weighted by Crippen LogP contribution is 2.35. The Morgan fingerprint density at radius 1 is 1.12 bits per heavy atom. The lowest BCUT2D eigenvalue weighted by Crippen LogP contribution is -2.06. The number of pyridine rings is 1. The summed E-state index contributed by atoms with van der Waals surface area (Å²) in [7, 11) is 0. The van der Waals surface area contributed by atoms with Crippen molar-refractivity contribution >= 4 is 34.1 Å². The molecule has 0 saturated carbocycles. The number of aryl methyl sites for hydroxylation is 1. The summed E-state index contributed by atoms with van der Waals surface area (Å²) >= 11 is 12.4. The summed E-state index contributed by atoms with van der Waals surface area (Å²) in [4.78, 5) is 4.53. The fourth-order valence-electron chi connectivity index (χ4n) is 2.39. The zero-order valence-electron chi connectivity index (χ0n) is 9.06. The van der Waals surface area contributed by atoms with Gasteiger partial charge in [-0.05, 0) is 43.4 Å². The van der Waals surface area contributed by atoms with Gasteiger partial charge in [-0.3, -0.25) is 4.98 Å². The quantitative estimate of drug-likeness (QED) is 0.683. The average molecular weight is 270 g/mol. The van der Waals surface area contributed by atoms with E-state index in [0.29, 0.717) is 20.9 Å². The van der Waals surface area contributed by atoms with E-state index in [9.17, 15) is 4.39 Å². The van der Waals surface area contributed by atoms with Crippen LogP contribution < -0.4 is 0 Å². The molecule has 17 heavy (non-hydrogen) atoms. The Hall–Kier alpha value is -0.860. The van der Waals surface area contributed by atoms with E-state index >= 15 is 0 Å². The first-order valence-corrected chi connectivity index (χ1v) is 6.38. The SMILES string of the molecule is Fc1cc(Cl)c2nc3c(c(Cl)c2c1)CCCC3. The van der Waals surface area contributed by atoms with Crippen LogP contribution in [0.25, 0.3) is 10.9 Å². The highest BCUT2D eigenvalue weighted by molar-refractivity contribution is 6.39. The third-order valence-electron chi connectivity index (χ3n) is 3.22. The normalized spacial score (nSPS) is 15.0. The number of halogens is 3. The lowest BCUT2D eigenvalue weighted by atomic mass is 9.94. The maximum Gasteiger partial charge on any atom is 0.125 e. The van der Waals surface area contributed by atoms with Gasteiger partial charge in [0.05, 0.1) is 15.6 Å². The lowest BCUT2D eigenvalue weighted by molar-refractivity contribution is 0.629. The van der Waals surface area contributed by atoms with E-state index in [1.165, 1.54) is 12.1 Å². The predicted molar refractivity (Wildman–Crippen MR) is 68.4 cm³/mol. The lowest BCUT2D eigenvalue weighted by Gasteiger charge is -2.18. The van der Waals surface area contributed by atoms with Gasteiger partial charge in [0.1, 0.15) is 5.82 Å². The van der Waals surface area contributed by atoms with Crippen LogP contribution in [0.5, 0.6) is 0 Å². The monoisotopic (exact) mass is 269 g/mol. The fraction of sp³-hybridized carbons (Fsp3) is 0.308. The maximum atomic E-state index is 13.3. The van der Waals surface area contributed by atoms with Gasteiger partial charge in [0.25, 0.3) is 0 Å². The van der Waals surface area contributed by atoms with Gasteiger partial charge >= 0.3 is 0 Å². The molecule has 0 saturated heterocycles. The number of hydrogen-bond donors (Lipinski definition) is 0. The second kappa shape index (κ2) is 4.11. The molecule has 0 spiro atoms. The first-order valence-electron chi connectivity index (χ1n) is 5.63. The molecule has 1 aliphatic rings. The van der Waals surface area contributed by atoms with Crippen molar-refractivity contribution in [2.45, 2.75) is 25.7 Å². The van der Waals surface area contributed by atoms with Crippen molar-refractivity contribution in [3.8, 4) is 0 Å². The zero-order valence-corrected chi connectivity index (χ0v) is 10.6. The molecule has 1 nitrogen and oxygen atoms in total. The van der Waals surface area contributed by atoms with Crippen LogP contribution in [-0.2, 0) is 12.8 Å². The van der Waals surface area contributed by atoms with Crippen molar-refractivity contribution in [3.05, 3.63) is 39.3 Å². The Morgan fingerprint density at radius 2 is 1.88 bits per heavy atom. The van der Waals surface area contributed by atoms with Crippen LogP contribution >= 0.6 is 23.2 Å². The van der Waals surface area contributed by atoms with Crippen molar-refractivity contribution in [2.24, 2.45) is 0 Å². The van der Waals surface area contributed by atoms with E-state index in [0.717, 1.165) is 36.9 Å². The molecule has 1 heterocycles. The molecule has 88 valence electrons. The van der Waals surface area contributed by atoms with E-state index in [4.69, 9.17) is 23.2 Å². The van der Waals surface area contributed by atoms with Gasteiger partial charge in [-0.15, -0.1) is 0 Å². The summed E-state index contributed by atoms with van der Waals surface area (Å²) in [5, 5.41) is 1.57. The van der Waals surface area contributed by atoms with Gasteiger partial charge in [-0.1, -0.05) is 23.2 Å². The number of nitrogens with zero attached hydrogens (tertiary/aromatic N) is 1. The summed E-state index contributed by atoms with van der Waals surface area (Å²) in [6.45, 7) is 0. The molecule has 2 aromatic rings.